The van der Waals surface area contributed by atoms with Gasteiger partial charge in [-0.2, -0.15) is 0 Å². The quantitative estimate of drug-likeness (QED) is 0.0156. The highest BCUT2D eigenvalue weighted by Gasteiger charge is 2.41. The van der Waals surface area contributed by atoms with E-state index < -0.39 is 61.4 Å². The second kappa shape index (κ2) is 33.3. The fraction of sp³-hybridized carbons (Fsp3) is 0.478. The van der Waals surface area contributed by atoms with Crippen molar-refractivity contribution in [3.8, 4) is 5.75 Å². The summed E-state index contributed by atoms with van der Waals surface area (Å²) in [5.41, 5.74) is 3.80. The average molecular weight is 1070 g/mol. The molecule has 2 aromatic carbocycles. The molecule has 0 saturated carbocycles. The van der Waals surface area contributed by atoms with E-state index in [1.54, 1.807) is 17.1 Å². The molecule has 4 N–H and O–H groups in total. The van der Waals surface area contributed by atoms with Crippen molar-refractivity contribution in [1.82, 2.24) is 10.2 Å². The zero-order valence-corrected chi connectivity index (χ0v) is 43.1. The Morgan fingerprint density at radius 1 is 1.00 bits per heavy atom. The Morgan fingerprint density at radius 2 is 1.61 bits per heavy atom. The van der Waals surface area contributed by atoms with E-state index in [-0.39, 0.29) is 40.9 Å². The number of nitrogens with one attached hydrogen (secondary N) is 1. The number of ether oxygens (including phenoxy) is 3. The molecule has 1 aliphatic heterocycles. The molecular weight excluding hydrogens is 1010 g/mol. The first-order chi connectivity index (χ1) is 32.6. The van der Waals surface area contributed by atoms with E-state index in [1.165, 1.54) is 11.0 Å². The molecule has 0 radical (unpaired) electrons. The van der Waals surface area contributed by atoms with Gasteiger partial charge in [0.2, 0.25) is 5.91 Å². The molecule has 2 aliphatic rings. The number of nitrogens with zero attached hydrogens (tertiary/aromatic N) is 3. The Labute approximate surface area is 422 Å². The summed E-state index contributed by atoms with van der Waals surface area (Å²) in [5.74, 6) is -4.04. The van der Waals surface area contributed by atoms with E-state index in [0.29, 0.717) is 50.3 Å². The van der Waals surface area contributed by atoms with E-state index >= 15 is 0 Å². The number of imide groups is 1. The molecule has 0 atom stereocenters. The largest absolute Gasteiger partial charge is 0.480 e. The van der Waals surface area contributed by atoms with Crippen LogP contribution in [0.1, 0.15) is 76.8 Å². The van der Waals surface area contributed by atoms with Crippen LogP contribution in [-0.2, 0) is 49.2 Å². The highest BCUT2D eigenvalue weighted by atomic mass is 35.5. The zero-order chi connectivity index (χ0) is 52.3. The van der Waals surface area contributed by atoms with Crippen LogP contribution < -0.4 is 19.9 Å². The number of carbonyl (C=O) groups excluding carboxylic acids is 5. The van der Waals surface area contributed by atoms with Gasteiger partial charge in [0.25, 0.3) is 17.7 Å². The van der Waals surface area contributed by atoms with Gasteiger partial charge in [-0.25, -0.2) is 14.1 Å². The maximum Gasteiger partial charge on any atom is 0.344 e. The summed E-state index contributed by atoms with van der Waals surface area (Å²) in [6.45, 7) is 16.2. The van der Waals surface area contributed by atoms with Gasteiger partial charge >= 0.3 is 19.5 Å². The van der Waals surface area contributed by atoms with Gasteiger partial charge in [-0.1, -0.05) is 91.8 Å². The molecule has 1 aliphatic carbocycles. The van der Waals surface area contributed by atoms with Crippen LogP contribution in [0.3, 0.4) is 0 Å². The number of hydrogen-bond donors (Lipinski definition) is 4. The summed E-state index contributed by atoms with van der Waals surface area (Å²) >= 11 is 22.5. The number of anilines is 2. The first-order valence-corrected chi connectivity index (χ1v) is 25.4. The maximum absolute atomic E-state index is 14.5. The summed E-state index contributed by atoms with van der Waals surface area (Å²) in [5, 5.41) is 9.99. The summed E-state index contributed by atoms with van der Waals surface area (Å²) in [7, 11) is -4.10. The molecule has 0 fully saturated rings. The van der Waals surface area contributed by atoms with Gasteiger partial charge in [-0.3, -0.25) is 38.8 Å². The van der Waals surface area contributed by atoms with Crippen LogP contribution in [-0.4, -0.2) is 119 Å². The van der Waals surface area contributed by atoms with Gasteiger partial charge in [0.15, 0.2) is 11.4 Å². The van der Waals surface area contributed by atoms with Crippen LogP contribution in [0.5, 0.6) is 5.75 Å². The molecule has 0 spiro atoms. The number of rotatable bonds is 23. The van der Waals surface area contributed by atoms with E-state index in [2.05, 4.69) is 25.4 Å². The number of aliphatic carboxylic acids is 1. The van der Waals surface area contributed by atoms with Crippen molar-refractivity contribution in [2.45, 2.75) is 83.9 Å². The minimum Gasteiger partial charge on any atom is -0.480 e. The lowest BCUT2D eigenvalue weighted by Gasteiger charge is -2.25. The van der Waals surface area contributed by atoms with Crippen molar-refractivity contribution in [2.24, 2.45) is 0 Å². The normalized spacial score (nSPS) is 12.9. The summed E-state index contributed by atoms with van der Waals surface area (Å²) < 4.78 is 40.4. The number of esters is 1. The van der Waals surface area contributed by atoms with Crippen LogP contribution in [0.15, 0.2) is 66.8 Å². The molecule has 384 valence electrons. The number of alkyl halides is 3. The van der Waals surface area contributed by atoms with Crippen LogP contribution in [0.25, 0.3) is 0 Å². The summed E-state index contributed by atoms with van der Waals surface area (Å²) in [6, 6.07) is 8.17. The molecule has 4 rings (SSSR count). The Balaban J connectivity index is 0.000000508. The van der Waals surface area contributed by atoms with Crippen molar-refractivity contribution in [3.63, 3.8) is 0 Å². The van der Waals surface area contributed by atoms with Crippen molar-refractivity contribution >= 4 is 101 Å². The van der Waals surface area contributed by atoms with Crippen molar-refractivity contribution < 1.29 is 66.8 Å². The molecule has 0 unspecified atom stereocenters. The maximum atomic E-state index is 14.5. The predicted molar refractivity (Wildman–Crippen MR) is 266 cm³/mol. The number of para-hydroxylation sites is 1. The third-order valence-corrected chi connectivity index (χ3v) is 11.1. The number of halogens is 5. The molecule has 0 saturated heterocycles. The van der Waals surface area contributed by atoms with E-state index in [1.807, 2.05) is 39.0 Å². The number of hydrogen-bond acceptors (Lipinski definition) is 11. The zero-order valence-electron chi connectivity index (χ0n) is 39.2. The Morgan fingerprint density at radius 3 is 2.10 bits per heavy atom. The predicted octanol–water partition coefficient (Wildman–Crippen LogP) is 8.24. The SMILES string of the molecule is C=CCN(CC=C)C(=O)C(Cl)Cl.CCCCCOC(=O)COc1cc(N2C(=O)C3=C(CCCC3)C2=O)c(F)cc1Cl.CCOCN(C(=O)CCl)c1c(C)cccc1CC.O=C(O)CNCP(=O)(O)O. The lowest BCUT2D eigenvalue weighted by atomic mass is 9.93. The number of amides is 4. The number of unbranched alkanes of at least 4 members (excludes halogenated alkanes) is 2. The van der Waals surface area contributed by atoms with Gasteiger partial charge in [-0.05, 0) is 69.6 Å². The molecular formula is C46H62Cl4FN4O13P. The molecule has 0 aromatic heterocycles. The third kappa shape index (κ3) is 22.1. The van der Waals surface area contributed by atoms with E-state index in [9.17, 15) is 37.7 Å². The van der Waals surface area contributed by atoms with Crippen molar-refractivity contribution in [1.29, 1.82) is 0 Å². The summed E-state index contributed by atoms with van der Waals surface area (Å²) in [6.07, 6.45) is 8.89. The minimum atomic E-state index is -4.10. The second-order valence-electron chi connectivity index (χ2n) is 14.8. The standard InChI is InChI=1S/C21H23ClFNO5.C14H20ClNO2.C8H11Cl2NO.C3H8NO5P/c1-2-3-6-9-28-19(25)12-29-18-11-17(16(23)10-15(18)22)24-20(26)13-7-4-5-8-14(13)21(24)27;1-4-12-8-6-7-11(3)14(12)16(10-18-5-2)13(17)9-15;1-3-5-11(6-4-2)8(12)7(9)10;5-3(6)1-4-2-10(7,8)9/h10-11H,2-9,12H2,1H3;6-8H,4-5,9-10H2,1-3H3;3-4,7H,1-2,5-6H2;4H,1-2H2,(H,5,6)(H2,7,8,9). The molecule has 1 heterocycles. The van der Waals surface area contributed by atoms with Gasteiger partial charge in [0, 0.05) is 36.9 Å². The molecule has 17 nitrogen and oxygen atoms in total. The van der Waals surface area contributed by atoms with E-state index in [4.69, 9.17) is 75.5 Å². The number of carboxylic acid groups (broad SMARTS) is 1. The Hall–Kier alpha value is -4.36. The highest BCUT2D eigenvalue weighted by Crippen LogP contribution is 2.39. The number of aryl methyl sites for hydroxylation is 2. The molecule has 0 bridgehead atoms. The van der Waals surface area contributed by atoms with Crippen molar-refractivity contribution in [2.75, 3.05) is 68.2 Å². The molecule has 69 heavy (non-hydrogen) atoms. The van der Waals surface area contributed by atoms with Crippen LogP contribution in [0.4, 0.5) is 15.8 Å². The first-order valence-electron chi connectivity index (χ1n) is 21.8. The van der Waals surface area contributed by atoms with Gasteiger partial charge in [-0.15, -0.1) is 24.8 Å². The number of carboxylic acids is 1. The molecule has 4 amide bonds. The Kier molecular flexibility index (Phi) is 30.2. The van der Waals surface area contributed by atoms with E-state index in [0.717, 1.165) is 66.3 Å². The van der Waals surface area contributed by atoms with Gasteiger partial charge < -0.3 is 34.0 Å². The number of benzene rings is 2. The lowest BCUT2D eigenvalue weighted by molar-refractivity contribution is -0.146. The summed E-state index contributed by atoms with van der Waals surface area (Å²) in [4.78, 5) is 89.3. The Bertz CT molecular complexity index is 2120. The topological polar surface area (TPSA) is 230 Å². The third-order valence-electron chi connectivity index (χ3n) is 9.59. The van der Waals surface area contributed by atoms with Gasteiger partial charge in [0.05, 0.1) is 35.8 Å². The van der Waals surface area contributed by atoms with Crippen molar-refractivity contribution in [3.05, 3.63) is 88.8 Å². The molecule has 2 aromatic rings. The van der Waals surface area contributed by atoms with Crippen LogP contribution in [0, 0.1) is 12.7 Å². The first kappa shape index (κ1) is 62.7. The van der Waals surface area contributed by atoms with Crippen LogP contribution >= 0.6 is 54.0 Å². The lowest BCUT2D eigenvalue weighted by Crippen LogP contribution is -2.35. The second-order valence-corrected chi connectivity index (χ2v) is 18.3. The fourth-order valence-electron chi connectivity index (χ4n) is 6.39. The molecule has 23 heteroatoms. The average Bonchev–Trinajstić information content (AvgIpc) is 3.55. The van der Waals surface area contributed by atoms with Gasteiger partial charge in [0.1, 0.15) is 24.2 Å². The monoisotopic (exact) mass is 1070 g/mol. The minimum absolute atomic E-state index is 0.000883. The number of carbonyl (C=O) groups is 6. The van der Waals surface area contributed by atoms with Crippen LogP contribution in [0.2, 0.25) is 5.02 Å². The fourth-order valence-corrected chi connectivity index (χ4v) is 7.42. The smallest absolute Gasteiger partial charge is 0.344 e. The highest BCUT2D eigenvalue weighted by molar-refractivity contribution is 7.51.